The lowest BCUT2D eigenvalue weighted by molar-refractivity contribution is 0.328. The zero-order chi connectivity index (χ0) is 19.3. The standard InChI is InChI=1S/C18H21BrFNO4S/c1-4-21(12-13-6-8-16(24-3)15(20)10-13)26(22,23)18-11-14(19)7-9-17(18)25-5-2/h6-11H,4-5,12H2,1-3H3. The van der Waals surface area contributed by atoms with Gasteiger partial charge in [0.1, 0.15) is 10.6 Å². The van der Waals surface area contributed by atoms with Crippen LogP contribution in [0.1, 0.15) is 19.4 Å². The van der Waals surface area contributed by atoms with Crippen molar-refractivity contribution in [1.82, 2.24) is 4.31 Å². The summed E-state index contributed by atoms with van der Waals surface area (Å²) in [6, 6.07) is 9.25. The van der Waals surface area contributed by atoms with Crippen molar-refractivity contribution in [2.45, 2.75) is 25.3 Å². The molecule has 0 spiro atoms. The molecular formula is C18H21BrFNO4S. The van der Waals surface area contributed by atoms with E-state index >= 15 is 0 Å². The lowest BCUT2D eigenvalue weighted by atomic mass is 10.2. The number of hydrogen-bond acceptors (Lipinski definition) is 4. The first-order valence-electron chi connectivity index (χ1n) is 8.08. The Bertz CT molecular complexity index is 873. The highest BCUT2D eigenvalue weighted by Crippen LogP contribution is 2.31. The third-order valence-electron chi connectivity index (χ3n) is 3.75. The fraction of sp³-hybridized carbons (Fsp3) is 0.333. The molecule has 2 rings (SSSR count). The Kier molecular flexibility index (Phi) is 7.02. The van der Waals surface area contributed by atoms with Crippen LogP contribution in [0.3, 0.4) is 0 Å². The second-order valence-corrected chi connectivity index (χ2v) is 8.25. The van der Waals surface area contributed by atoms with Gasteiger partial charge in [-0.25, -0.2) is 12.8 Å². The number of halogens is 2. The third kappa shape index (κ3) is 4.55. The number of methoxy groups -OCH3 is 1. The first-order valence-corrected chi connectivity index (χ1v) is 10.3. The van der Waals surface area contributed by atoms with Crippen molar-refractivity contribution in [1.29, 1.82) is 0 Å². The van der Waals surface area contributed by atoms with Crippen molar-refractivity contribution < 1.29 is 22.3 Å². The van der Waals surface area contributed by atoms with E-state index in [9.17, 15) is 12.8 Å². The van der Waals surface area contributed by atoms with Crippen LogP contribution < -0.4 is 9.47 Å². The molecule has 142 valence electrons. The predicted molar refractivity (Wildman–Crippen MR) is 102 cm³/mol. The summed E-state index contributed by atoms with van der Waals surface area (Å²) in [4.78, 5) is 0.0737. The molecule has 5 nitrogen and oxygen atoms in total. The van der Waals surface area contributed by atoms with E-state index in [1.165, 1.54) is 29.6 Å². The van der Waals surface area contributed by atoms with Crippen LogP contribution in [0.25, 0.3) is 0 Å². The van der Waals surface area contributed by atoms with E-state index in [1.54, 1.807) is 32.0 Å². The lowest BCUT2D eigenvalue weighted by Gasteiger charge is -2.22. The summed E-state index contributed by atoms with van der Waals surface area (Å²) in [5, 5.41) is 0. The van der Waals surface area contributed by atoms with Gasteiger partial charge in [0.05, 0.1) is 13.7 Å². The van der Waals surface area contributed by atoms with Gasteiger partial charge in [-0.3, -0.25) is 0 Å². The van der Waals surface area contributed by atoms with E-state index in [1.807, 2.05) is 0 Å². The van der Waals surface area contributed by atoms with E-state index in [0.717, 1.165) is 0 Å². The average molecular weight is 446 g/mol. The van der Waals surface area contributed by atoms with E-state index in [4.69, 9.17) is 9.47 Å². The summed E-state index contributed by atoms with van der Waals surface area (Å²) in [6.45, 7) is 4.14. The number of hydrogen-bond donors (Lipinski definition) is 0. The first kappa shape index (κ1) is 20.7. The molecule has 0 aromatic heterocycles. The quantitative estimate of drug-likeness (QED) is 0.610. The van der Waals surface area contributed by atoms with Crippen LogP contribution in [0, 0.1) is 5.82 Å². The molecule has 0 radical (unpaired) electrons. The fourth-order valence-electron chi connectivity index (χ4n) is 2.48. The molecule has 0 saturated carbocycles. The molecular weight excluding hydrogens is 425 g/mol. The van der Waals surface area contributed by atoms with E-state index < -0.39 is 15.8 Å². The van der Waals surface area contributed by atoms with Crippen molar-refractivity contribution >= 4 is 26.0 Å². The summed E-state index contributed by atoms with van der Waals surface area (Å²) in [6.07, 6.45) is 0. The van der Waals surface area contributed by atoms with Crippen molar-refractivity contribution in [2.24, 2.45) is 0 Å². The molecule has 0 aliphatic heterocycles. The monoisotopic (exact) mass is 445 g/mol. The van der Waals surface area contributed by atoms with Crippen LogP contribution in [0.5, 0.6) is 11.5 Å². The molecule has 0 atom stereocenters. The minimum Gasteiger partial charge on any atom is -0.494 e. The number of nitrogens with zero attached hydrogens (tertiary/aromatic N) is 1. The third-order valence-corrected chi connectivity index (χ3v) is 6.19. The zero-order valence-electron chi connectivity index (χ0n) is 14.8. The van der Waals surface area contributed by atoms with Gasteiger partial charge in [0.2, 0.25) is 10.0 Å². The van der Waals surface area contributed by atoms with E-state index in [0.29, 0.717) is 16.6 Å². The van der Waals surface area contributed by atoms with Gasteiger partial charge in [0.25, 0.3) is 0 Å². The summed E-state index contributed by atoms with van der Waals surface area (Å²) in [7, 11) is -2.45. The van der Waals surface area contributed by atoms with Crippen molar-refractivity contribution in [3.05, 3.63) is 52.3 Å². The summed E-state index contributed by atoms with van der Waals surface area (Å²) < 4.78 is 52.5. The Morgan fingerprint density at radius 3 is 2.38 bits per heavy atom. The van der Waals surface area contributed by atoms with Gasteiger partial charge in [0, 0.05) is 17.6 Å². The van der Waals surface area contributed by atoms with Gasteiger partial charge in [-0.15, -0.1) is 0 Å². The van der Waals surface area contributed by atoms with Crippen molar-refractivity contribution in [3.8, 4) is 11.5 Å². The number of ether oxygens (including phenoxy) is 2. The Labute approximate surface area is 161 Å². The first-order chi connectivity index (χ1) is 12.3. The van der Waals surface area contributed by atoms with Crippen LogP contribution in [-0.4, -0.2) is 33.0 Å². The second-order valence-electron chi connectivity index (χ2n) is 5.42. The Morgan fingerprint density at radius 1 is 1.12 bits per heavy atom. The molecule has 0 heterocycles. The van der Waals surface area contributed by atoms with Gasteiger partial charge in [-0.05, 0) is 42.8 Å². The minimum absolute atomic E-state index is 0.0395. The van der Waals surface area contributed by atoms with Crippen LogP contribution in [-0.2, 0) is 16.6 Å². The molecule has 0 N–H and O–H groups in total. The Morgan fingerprint density at radius 2 is 1.81 bits per heavy atom. The molecule has 0 aliphatic rings. The Hall–Kier alpha value is -1.64. The van der Waals surface area contributed by atoms with Gasteiger partial charge in [0.15, 0.2) is 11.6 Å². The highest BCUT2D eigenvalue weighted by Gasteiger charge is 2.27. The highest BCUT2D eigenvalue weighted by atomic mass is 79.9. The van der Waals surface area contributed by atoms with Gasteiger partial charge < -0.3 is 9.47 Å². The SMILES string of the molecule is CCOc1ccc(Br)cc1S(=O)(=O)N(CC)Cc1ccc(OC)c(F)c1. The normalized spacial score (nSPS) is 11.6. The summed E-state index contributed by atoms with van der Waals surface area (Å²) >= 11 is 3.30. The molecule has 0 unspecified atom stereocenters. The molecule has 0 bridgehead atoms. The van der Waals surface area contributed by atoms with Gasteiger partial charge in [-0.1, -0.05) is 28.9 Å². The van der Waals surface area contributed by atoms with Gasteiger partial charge in [-0.2, -0.15) is 4.31 Å². The summed E-state index contributed by atoms with van der Waals surface area (Å²) in [5.74, 6) is -0.128. The molecule has 26 heavy (non-hydrogen) atoms. The van der Waals surface area contributed by atoms with E-state index in [2.05, 4.69) is 15.9 Å². The zero-order valence-corrected chi connectivity index (χ0v) is 17.2. The molecule has 0 fully saturated rings. The van der Waals surface area contributed by atoms with Crippen molar-refractivity contribution in [3.63, 3.8) is 0 Å². The number of sulfonamides is 1. The topological polar surface area (TPSA) is 55.8 Å². The molecule has 8 heteroatoms. The van der Waals surface area contributed by atoms with Crippen LogP contribution in [0.2, 0.25) is 0 Å². The molecule has 0 amide bonds. The molecule has 2 aromatic carbocycles. The highest BCUT2D eigenvalue weighted by molar-refractivity contribution is 9.10. The van der Waals surface area contributed by atoms with Gasteiger partial charge >= 0.3 is 0 Å². The molecule has 2 aromatic rings. The van der Waals surface area contributed by atoms with Crippen LogP contribution >= 0.6 is 15.9 Å². The maximum absolute atomic E-state index is 13.9. The average Bonchev–Trinajstić information content (AvgIpc) is 2.61. The molecule has 0 saturated heterocycles. The Balaban J connectivity index is 2.39. The smallest absolute Gasteiger partial charge is 0.247 e. The van der Waals surface area contributed by atoms with Crippen LogP contribution in [0.15, 0.2) is 45.8 Å². The van der Waals surface area contributed by atoms with Crippen LogP contribution in [0.4, 0.5) is 4.39 Å². The number of rotatable bonds is 8. The molecule has 0 aliphatic carbocycles. The maximum atomic E-state index is 13.9. The summed E-state index contributed by atoms with van der Waals surface area (Å²) in [5.41, 5.74) is 0.529. The maximum Gasteiger partial charge on any atom is 0.247 e. The predicted octanol–water partition coefficient (Wildman–Crippen LogP) is 4.21. The van der Waals surface area contributed by atoms with Crippen molar-refractivity contribution in [2.75, 3.05) is 20.3 Å². The minimum atomic E-state index is -3.83. The largest absolute Gasteiger partial charge is 0.494 e. The lowest BCUT2D eigenvalue weighted by Crippen LogP contribution is -2.31. The number of benzene rings is 2. The second kappa shape index (κ2) is 8.83. The fourth-order valence-corrected chi connectivity index (χ4v) is 4.58. The van der Waals surface area contributed by atoms with E-state index in [-0.39, 0.29) is 29.5 Å².